The van der Waals surface area contributed by atoms with Crippen LogP contribution in [0, 0.1) is 5.92 Å². The second kappa shape index (κ2) is 12.5. The summed E-state index contributed by atoms with van der Waals surface area (Å²) in [7, 11) is 0. The van der Waals surface area contributed by atoms with Crippen molar-refractivity contribution >= 4 is 5.97 Å². The van der Waals surface area contributed by atoms with Gasteiger partial charge in [-0.3, -0.25) is 0 Å². The van der Waals surface area contributed by atoms with Crippen molar-refractivity contribution in [2.45, 2.75) is 83.3 Å². The third-order valence-electron chi connectivity index (χ3n) is 7.47. The molecule has 4 nitrogen and oxygen atoms in total. The molecule has 4 rings (SSSR count). The number of rotatable bonds is 9. The number of carbonyl (C=O) groups excluding carboxylic acids is 1. The molecule has 2 fully saturated rings. The maximum Gasteiger partial charge on any atom is 0.338 e. The molecule has 1 aliphatic carbocycles. The second-order valence-electron chi connectivity index (χ2n) is 9.98. The Morgan fingerprint density at radius 1 is 0.794 bits per heavy atom. The van der Waals surface area contributed by atoms with Crippen LogP contribution in [0.15, 0.2) is 48.5 Å². The Kier molecular flexibility index (Phi) is 9.18. The maximum atomic E-state index is 12.1. The van der Waals surface area contributed by atoms with Gasteiger partial charge in [-0.2, -0.15) is 0 Å². The molecule has 0 atom stereocenters. The number of carbonyl (C=O) groups is 1. The number of ether oxygens (including phenoxy) is 3. The highest BCUT2D eigenvalue weighted by Gasteiger charge is 2.26. The Morgan fingerprint density at radius 2 is 1.38 bits per heavy atom. The molecule has 34 heavy (non-hydrogen) atoms. The Bertz CT molecular complexity index is 873. The molecule has 1 saturated carbocycles. The van der Waals surface area contributed by atoms with Crippen LogP contribution >= 0.6 is 0 Å². The topological polar surface area (TPSA) is 44.8 Å². The fourth-order valence-electron chi connectivity index (χ4n) is 5.29. The molecule has 0 aromatic heterocycles. The summed E-state index contributed by atoms with van der Waals surface area (Å²) in [6.45, 7) is 6.11. The molecule has 0 bridgehead atoms. The zero-order valence-electron chi connectivity index (χ0n) is 20.8. The van der Waals surface area contributed by atoms with Crippen LogP contribution in [-0.2, 0) is 14.2 Å². The molecule has 0 radical (unpaired) electrons. The van der Waals surface area contributed by atoms with E-state index in [0.717, 1.165) is 30.2 Å². The van der Waals surface area contributed by atoms with Crippen molar-refractivity contribution in [2.24, 2.45) is 5.92 Å². The van der Waals surface area contributed by atoms with E-state index in [2.05, 4.69) is 38.1 Å². The van der Waals surface area contributed by atoms with Crippen LogP contribution < -0.4 is 0 Å². The van der Waals surface area contributed by atoms with Gasteiger partial charge in [0, 0.05) is 11.5 Å². The van der Waals surface area contributed by atoms with Crippen LogP contribution in [0.1, 0.15) is 110 Å². The first-order valence-corrected chi connectivity index (χ1v) is 13.3. The molecule has 0 unspecified atom stereocenters. The van der Waals surface area contributed by atoms with Gasteiger partial charge >= 0.3 is 5.97 Å². The van der Waals surface area contributed by atoms with E-state index in [1.165, 1.54) is 49.7 Å². The van der Waals surface area contributed by atoms with Gasteiger partial charge in [0.05, 0.1) is 25.4 Å². The quantitative estimate of drug-likeness (QED) is 0.284. The van der Waals surface area contributed by atoms with Crippen molar-refractivity contribution in [3.05, 3.63) is 70.8 Å². The van der Waals surface area contributed by atoms with Crippen molar-refractivity contribution in [1.29, 1.82) is 0 Å². The van der Waals surface area contributed by atoms with E-state index in [4.69, 9.17) is 14.2 Å². The lowest BCUT2D eigenvalue weighted by Gasteiger charge is -2.31. The van der Waals surface area contributed by atoms with E-state index in [9.17, 15) is 4.79 Å². The standard InChI is InChI=1S/C30H40O4/c1-3-5-19-32-29(31)26-15-17-27(18-16-26)30-33-20-28(21-34-30)25-13-11-24(12-14-25)23-9-7-22(6-4-2)8-10-23/h11-18,22-23,28,30H,3-10,19-21H2,1-2H3/t22-,23-,28?,30?. The van der Waals surface area contributed by atoms with Crippen molar-refractivity contribution in [1.82, 2.24) is 0 Å². The number of benzene rings is 2. The normalized spacial score (nSPS) is 25.1. The average molecular weight is 465 g/mol. The first-order valence-electron chi connectivity index (χ1n) is 13.3. The van der Waals surface area contributed by atoms with Crippen LogP contribution in [0.2, 0.25) is 0 Å². The fourth-order valence-corrected chi connectivity index (χ4v) is 5.29. The third kappa shape index (κ3) is 6.49. The number of esters is 1. The molecule has 1 saturated heterocycles. The van der Waals surface area contributed by atoms with E-state index >= 15 is 0 Å². The first kappa shape index (κ1) is 24.9. The van der Waals surface area contributed by atoms with Gasteiger partial charge in [0.2, 0.25) is 0 Å². The second-order valence-corrected chi connectivity index (χ2v) is 9.98. The number of hydrogen-bond donors (Lipinski definition) is 0. The molecule has 2 aromatic rings. The summed E-state index contributed by atoms with van der Waals surface area (Å²) < 4.78 is 17.4. The van der Waals surface area contributed by atoms with Gasteiger partial charge in [0.1, 0.15) is 0 Å². The summed E-state index contributed by atoms with van der Waals surface area (Å²) >= 11 is 0. The molecule has 0 N–H and O–H groups in total. The highest BCUT2D eigenvalue weighted by atomic mass is 16.7. The maximum absolute atomic E-state index is 12.1. The summed E-state index contributed by atoms with van der Waals surface area (Å²) in [4.78, 5) is 12.1. The lowest BCUT2D eigenvalue weighted by molar-refractivity contribution is -0.191. The molecule has 184 valence electrons. The zero-order chi connectivity index (χ0) is 23.8. The molecular formula is C30H40O4. The predicted octanol–water partition coefficient (Wildman–Crippen LogP) is 7.55. The summed E-state index contributed by atoms with van der Waals surface area (Å²) in [6.07, 6.45) is 9.64. The molecule has 2 aromatic carbocycles. The van der Waals surface area contributed by atoms with Crippen LogP contribution in [-0.4, -0.2) is 25.8 Å². The molecule has 2 aliphatic rings. The van der Waals surface area contributed by atoms with Crippen molar-refractivity contribution in [3.8, 4) is 0 Å². The highest BCUT2D eigenvalue weighted by molar-refractivity contribution is 5.89. The van der Waals surface area contributed by atoms with Crippen molar-refractivity contribution in [2.75, 3.05) is 19.8 Å². The van der Waals surface area contributed by atoms with E-state index < -0.39 is 0 Å². The fraction of sp³-hybridized carbons (Fsp3) is 0.567. The van der Waals surface area contributed by atoms with Gasteiger partial charge in [0.15, 0.2) is 6.29 Å². The smallest absolute Gasteiger partial charge is 0.338 e. The lowest BCUT2D eigenvalue weighted by Crippen LogP contribution is -2.25. The van der Waals surface area contributed by atoms with Gasteiger partial charge in [0.25, 0.3) is 0 Å². The average Bonchev–Trinajstić information content (AvgIpc) is 2.90. The van der Waals surface area contributed by atoms with E-state index in [1.807, 2.05) is 12.1 Å². The van der Waals surface area contributed by atoms with Crippen molar-refractivity contribution < 1.29 is 19.0 Å². The molecule has 1 heterocycles. The van der Waals surface area contributed by atoms with Gasteiger partial charge in [-0.05, 0) is 67.2 Å². The minimum atomic E-state index is -0.390. The Labute approximate surface area is 205 Å². The molecule has 0 amide bonds. The van der Waals surface area contributed by atoms with Gasteiger partial charge in [-0.15, -0.1) is 0 Å². The third-order valence-corrected chi connectivity index (χ3v) is 7.47. The molecule has 1 aliphatic heterocycles. The van der Waals surface area contributed by atoms with Crippen LogP contribution in [0.25, 0.3) is 0 Å². The Hall–Kier alpha value is -2.17. The minimum Gasteiger partial charge on any atom is -0.462 e. The number of hydrogen-bond acceptors (Lipinski definition) is 4. The largest absolute Gasteiger partial charge is 0.462 e. The summed E-state index contributed by atoms with van der Waals surface area (Å²) in [5, 5.41) is 0. The van der Waals surface area contributed by atoms with Crippen LogP contribution in [0.5, 0.6) is 0 Å². The van der Waals surface area contributed by atoms with E-state index in [-0.39, 0.29) is 18.2 Å². The van der Waals surface area contributed by atoms with Crippen LogP contribution in [0.3, 0.4) is 0 Å². The number of unbranched alkanes of at least 4 members (excludes halogenated alkanes) is 1. The Balaban J connectivity index is 1.25. The van der Waals surface area contributed by atoms with E-state index in [1.54, 1.807) is 12.1 Å². The van der Waals surface area contributed by atoms with Gasteiger partial charge in [-0.25, -0.2) is 4.79 Å². The molecule has 4 heteroatoms. The first-order chi connectivity index (χ1) is 16.7. The summed E-state index contributed by atoms with van der Waals surface area (Å²) in [5.41, 5.74) is 4.26. The summed E-state index contributed by atoms with van der Waals surface area (Å²) in [5.74, 6) is 1.64. The van der Waals surface area contributed by atoms with Crippen LogP contribution in [0.4, 0.5) is 0 Å². The summed E-state index contributed by atoms with van der Waals surface area (Å²) in [6, 6.07) is 16.5. The minimum absolute atomic E-state index is 0.249. The molecule has 0 spiro atoms. The SMILES string of the molecule is CCCCOC(=O)c1ccc(C2OCC(c3ccc([C@H]4CC[C@H](CCC)CC4)cc3)CO2)cc1. The van der Waals surface area contributed by atoms with Gasteiger partial charge < -0.3 is 14.2 Å². The Morgan fingerprint density at radius 3 is 1.97 bits per heavy atom. The lowest BCUT2D eigenvalue weighted by atomic mass is 9.77. The highest BCUT2D eigenvalue weighted by Crippen LogP contribution is 2.38. The molecular weight excluding hydrogens is 424 g/mol. The van der Waals surface area contributed by atoms with Crippen molar-refractivity contribution in [3.63, 3.8) is 0 Å². The predicted molar refractivity (Wildman–Crippen MR) is 135 cm³/mol. The zero-order valence-corrected chi connectivity index (χ0v) is 20.8. The van der Waals surface area contributed by atoms with Gasteiger partial charge in [-0.1, -0.05) is 69.5 Å². The monoisotopic (exact) mass is 464 g/mol. The van der Waals surface area contributed by atoms with E-state index in [0.29, 0.717) is 25.4 Å².